The third-order valence-electron chi connectivity index (χ3n) is 3.05. The summed E-state index contributed by atoms with van der Waals surface area (Å²) in [6.07, 6.45) is 0. The van der Waals surface area contributed by atoms with E-state index in [4.69, 9.17) is 11.6 Å². The van der Waals surface area contributed by atoms with Crippen molar-refractivity contribution in [3.05, 3.63) is 63.6 Å². The SMILES string of the molecule is C[C@H](NCC(=O)Nc1ccc(Br)cc1)c1cccc(Cl)c1. The van der Waals surface area contributed by atoms with Crippen molar-refractivity contribution < 1.29 is 4.79 Å². The van der Waals surface area contributed by atoms with Crippen LogP contribution in [0.1, 0.15) is 18.5 Å². The molecular weight excluding hydrogens is 352 g/mol. The van der Waals surface area contributed by atoms with E-state index in [1.165, 1.54) is 0 Å². The molecule has 0 bridgehead atoms. The monoisotopic (exact) mass is 366 g/mol. The Kier molecular flexibility index (Phi) is 5.79. The lowest BCUT2D eigenvalue weighted by molar-refractivity contribution is -0.115. The van der Waals surface area contributed by atoms with Crippen molar-refractivity contribution in [3.63, 3.8) is 0 Å². The summed E-state index contributed by atoms with van der Waals surface area (Å²) in [5.74, 6) is -0.0776. The van der Waals surface area contributed by atoms with Gasteiger partial charge >= 0.3 is 0 Å². The van der Waals surface area contributed by atoms with Crippen LogP contribution in [0.4, 0.5) is 5.69 Å². The number of carbonyl (C=O) groups is 1. The molecule has 2 aromatic carbocycles. The van der Waals surface area contributed by atoms with Crippen LogP contribution >= 0.6 is 27.5 Å². The quantitative estimate of drug-likeness (QED) is 0.823. The second-order valence-corrected chi connectivity index (χ2v) is 6.06. The topological polar surface area (TPSA) is 41.1 Å². The fraction of sp³-hybridized carbons (Fsp3) is 0.188. The lowest BCUT2D eigenvalue weighted by atomic mass is 10.1. The first-order valence-electron chi connectivity index (χ1n) is 6.59. The van der Waals surface area contributed by atoms with Gasteiger partial charge in [-0.1, -0.05) is 39.7 Å². The molecule has 21 heavy (non-hydrogen) atoms. The van der Waals surface area contributed by atoms with Gasteiger partial charge in [0.25, 0.3) is 0 Å². The fourth-order valence-corrected chi connectivity index (χ4v) is 2.34. The molecule has 0 saturated carbocycles. The van der Waals surface area contributed by atoms with Crippen LogP contribution in [0.5, 0.6) is 0 Å². The van der Waals surface area contributed by atoms with Gasteiger partial charge in [0.2, 0.25) is 5.91 Å². The second-order valence-electron chi connectivity index (χ2n) is 4.71. The van der Waals surface area contributed by atoms with E-state index in [9.17, 15) is 4.79 Å². The van der Waals surface area contributed by atoms with Gasteiger partial charge in [0.05, 0.1) is 6.54 Å². The highest BCUT2D eigenvalue weighted by Crippen LogP contribution is 2.17. The van der Waals surface area contributed by atoms with Gasteiger partial charge in [-0.15, -0.1) is 0 Å². The molecule has 0 aromatic heterocycles. The highest BCUT2D eigenvalue weighted by atomic mass is 79.9. The Labute approximate surface area is 137 Å². The molecule has 0 aliphatic heterocycles. The summed E-state index contributed by atoms with van der Waals surface area (Å²) in [6.45, 7) is 2.24. The van der Waals surface area contributed by atoms with Gasteiger partial charge in [0, 0.05) is 21.2 Å². The molecule has 2 aromatic rings. The molecule has 0 fully saturated rings. The molecule has 0 radical (unpaired) electrons. The van der Waals surface area contributed by atoms with Gasteiger partial charge in [0.15, 0.2) is 0 Å². The van der Waals surface area contributed by atoms with E-state index in [0.29, 0.717) is 5.02 Å². The Bertz CT molecular complexity index is 616. The maximum Gasteiger partial charge on any atom is 0.238 e. The summed E-state index contributed by atoms with van der Waals surface area (Å²) in [5, 5.41) is 6.71. The first-order chi connectivity index (χ1) is 10.0. The lowest BCUT2D eigenvalue weighted by Gasteiger charge is -2.14. The van der Waals surface area contributed by atoms with Crippen molar-refractivity contribution in [2.75, 3.05) is 11.9 Å². The largest absolute Gasteiger partial charge is 0.325 e. The molecule has 5 heteroatoms. The zero-order chi connectivity index (χ0) is 15.2. The minimum absolute atomic E-state index is 0.0550. The minimum atomic E-state index is -0.0776. The van der Waals surface area contributed by atoms with E-state index in [2.05, 4.69) is 26.6 Å². The number of halogens is 2. The van der Waals surface area contributed by atoms with E-state index in [0.717, 1.165) is 15.7 Å². The zero-order valence-electron chi connectivity index (χ0n) is 11.6. The highest BCUT2D eigenvalue weighted by Gasteiger charge is 2.08. The third kappa shape index (κ3) is 5.16. The summed E-state index contributed by atoms with van der Waals surface area (Å²) < 4.78 is 0.980. The van der Waals surface area contributed by atoms with E-state index >= 15 is 0 Å². The Morgan fingerprint density at radius 3 is 2.62 bits per heavy atom. The van der Waals surface area contributed by atoms with Crippen molar-refractivity contribution in [1.82, 2.24) is 5.32 Å². The van der Waals surface area contributed by atoms with Crippen molar-refractivity contribution in [2.24, 2.45) is 0 Å². The van der Waals surface area contributed by atoms with Crippen LogP contribution in [-0.2, 0) is 4.79 Å². The van der Waals surface area contributed by atoms with Crippen LogP contribution < -0.4 is 10.6 Å². The molecule has 0 spiro atoms. The number of nitrogens with one attached hydrogen (secondary N) is 2. The smallest absolute Gasteiger partial charge is 0.238 e. The van der Waals surface area contributed by atoms with Crippen molar-refractivity contribution in [3.8, 4) is 0 Å². The maximum absolute atomic E-state index is 11.9. The number of hydrogen-bond acceptors (Lipinski definition) is 2. The Morgan fingerprint density at radius 1 is 1.24 bits per heavy atom. The Balaban J connectivity index is 1.84. The van der Waals surface area contributed by atoms with Crippen LogP contribution in [0.3, 0.4) is 0 Å². The first-order valence-corrected chi connectivity index (χ1v) is 7.76. The van der Waals surface area contributed by atoms with Gasteiger partial charge in [-0.05, 0) is 48.9 Å². The molecule has 1 amide bonds. The normalized spacial score (nSPS) is 12.0. The molecule has 0 saturated heterocycles. The van der Waals surface area contributed by atoms with Gasteiger partial charge in [-0.2, -0.15) is 0 Å². The Hall–Kier alpha value is -1.36. The average Bonchev–Trinajstić information content (AvgIpc) is 2.47. The zero-order valence-corrected chi connectivity index (χ0v) is 13.9. The van der Waals surface area contributed by atoms with E-state index in [1.54, 1.807) is 0 Å². The number of rotatable bonds is 5. The molecule has 0 unspecified atom stereocenters. The first kappa shape index (κ1) is 16.0. The van der Waals surface area contributed by atoms with Crippen LogP contribution in [-0.4, -0.2) is 12.5 Å². The third-order valence-corrected chi connectivity index (χ3v) is 3.81. The number of hydrogen-bond donors (Lipinski definition) is 2. The van der Waals surface area contributed by atoms with Crippen molar-refractivity contribution in [2.45, 2.75) is 13.0 Å². The summed E-state index contributed by atoms with van der Waals surface area (Å²) >= 11 is 9.32. The summed E-state index contributed by atoms with van der Waals surface area (Å²) in [7, 11) is 0. The average molecular weight is 368 g/mol. The second kappa shape index (κ2) is 7.59. The highest BCUT2D eigenvalue weighted by molar-refractivity contribution is 9.10. The van der Waals surface area contributed by atoms with Gasteiger partial charge < -0.3 is 10.6 Å². The summed E-state index contributed by atoms with van der Waals surface area (Å²) in [6, 6.07) is 15.1. The maximum atomic E-state index is 11.9. The van der Waals surface area contributed by atoms with Gasteiger partial charge in [0.1, 0.15) is 0 Å². The van der Waals surface area contributed by atoms with E-state index in [1.807, 2.05) is 55.5 Å². The molecule has 2 rings (SSSR count). The van der Waals surface area contributed by atoms with Gasteiger partial charge in [-0.3, -0.25) is 4.79 Å². The predicted octanol–water partition coefficient (Wildman–Crippen LogP) is 4.39. The van der Waals surface area contributed by atoms with Crippen molar-refractivity contribution >= 4 is 39.1 Å². The van der Waals surface area contributed by atoms with E-state index < -0.39 is 0 Å². The molecule has 1 atom stereocenters. The van der Waals surface area contributed by atoms with Crippen molar-refractivity contribution in [1.29, 1.82) is 0 Å². The number of benzene rings is 2. The molecule has 110 valence electrons. The molecule has 0 aliphatic carbocycles. The molecule has 0 aliphatic rings. The predicted molar refractivity (Wildman–Crippen MR) is 90.6 cm³/mol. The fourth-order valence-electron chi connectivity index (χ4n) is 1.88. The minimum Gasteiger partial charge on any atom is -0.325 e. The number of amides is 1. The summed E-state index contributed by atoms with van der Waals surface area (Å²) in [4.78, 5) is 11.9. The van der Waals surface area contributed by atoms with E-state index in [-0.39, 0.29) is 18.5 Å². The number of carbonyl (C=O) groups excluding carboxylic acids is 1. The molecule has 0 heterocycles. The molecule has 2 N–H and O–H groups in total. The van der Waals surface area contributed by atoms with Crippen LogP contribution in [0, 0.1) is 0 Å². The standard InChI is InChI=1S/C16H16BrClN2O/c1-11(12-3-2-4-14(18)9-12)19-10-16(21)20-15-7-5-13(17)6-8-15/h2-9,11,19H,10H2,1H3,(H,20,21)/t11-/m0/s1. The van der Waals surface area contributed by atoms with Gasteiger partial charge in [-0.25, -0.2) is 0 Å². The Morgan fingerprint density at radius 2 is 1.95 bits per heavy atom. The van der Waals surface area contributed by atoms with Crippen LogP contribution in [0.25, 0.3) is 0 Å². The van der Waals surface area contributed by atoms with Crippen LogP contribution in [0.15, 0.2) is 53.0 Å². The van der Waals surface area contributed by atoms with Crippen LogP contribution in [0.2, 0.25) is 5.02 Å². The lowest BCUT2D eigenvalue weighted by Crippen LogP contribution is -2.30. The molecule has 3 nitrogen and oxygen atoms in total. The molecular formula is C16H16BrClN2O. The summed E-state index contributed by atoms with van der Waals surface area (Å²) in [5.41, 5.74) is 1.83. The number of anilines is 1.